The summed E-state index contributed by atoms with van der Waals surface area (Å²) >= 11 is 0. The number of methoxy groups -OCH3 is 1. The van der Waals surface area contributed by atoms with Gasteiger partial charge in [-0.25, -0.2) is 8.42 Å². The van der Waals surface area contributed by atoms with Crippen LogP contribution >= 0.6 is 0 Å². The zero-order valence-corrected chi connectivity index (χ0v) is 12.3. The average Bonchev–Trinajstić information content (AvgIpc) is 2.46. The van der Waals surface area contributed by atoms with E-state index in [0.717, 1.165) is 16.7 Å². The van der Waals surface area contributed by atoms with Crippen LogP contribution in [0.5, 0.6) is 0 Å². The lowest BCUT2D eigenvalue weighted by molar-refractivity contribution is 0.217. The third-order valence-electron chi connectivity index (χ3n) is 3.05. The van der Waals surface area contributed by atoms with Crippen molar-refractivity contribution in [2.24, 2.45) is 0 Å². The van der Waals surface area contributed by atoms with Crippen LogP contribution in [0.25, 0.3) is 11.1 Å². The highest BCUT2D eigenvalue weighted by Gasteiger charge is 2.11. The minimum absolute atomic E-state index is 0.0595. The van der Waals surface area contributed by atoms with Gasteiger partial charge in [0, 0.05) is 7.11 Å². The van der Waals surface area contributed by atoms with E-state index in [9.17, 15) is 8.42 Å². The fourth-order valence-electron chi connectivity index (χ4n) is 1.96. The Bertz CT molecular complexity index is 631. The van der Waals surface area contributed by atoms with E-state index in [1.165, 1.54) is 7.11 Å². The van der Waals surface area contributed by atoms with Crippen LogP contribution in [0, 0.1) is 0 Å². The van der Waals surface area contributed by atoms with Crippen molar-refractivity contribution < 1.29 is 13.2 Å². The molecule has 0 aromatic heterocycles. The molecule has 106 valence electrons. The molecule has 0 saturated heterocycles. The van der Waals surface area contributed by atoms with Gasteiger partial charge in [0.15, 0.2) is 9.84 Å². The van der Waals surface area contributed by atoms with Crippen molar-refractivity contribution in [1.29, 1.82) is 0 Å². The number of sulfone groups is 1. The van der Waals surface area contributed by atoms with Crippen LogP contribution in [-0.2, 0) is 20.3 Å². The highest BCUT2D eigenvalue weighted by atomic mass is 32.2. The maximum absolute atomic E-state index is 11.8. The van der Waals surface area contributed by atoms with Gasteiger partial charge in [-0.2, -0.15) is 0 Å². The summed E-state index contributed by atoms with van der Waals surface area (Å²) in [6.45, 7) is 0.241. The Kier molecular flexibility index (Phi) is 4.93. The van der Waals surface area contributed by atoms with E-state index in [1.807, 2.05) is 54.6 Å². The van der Waals surface area contributed by atoms with E-state index in [2.05, 4.69) is 0 Å². The van der Waals surface area contributed by atoms with Crippen molar-refractivity contribution >= 4 is 9.84 Å². The molecule has 4 heteroatoms. The zero-order valence-electron chi connectivity index (χ0n) is 11.5. The number of hydrogen-bond donors (Lipinski definition) is 0. The molecule has 20 heavy (non-hydrogen) atoms. The molecule has 0 spiro atoms. The summed E-state index contributed by atoms with van der Waals surface area (Å²) in [7, 11) is -1.60. The molecule has 0 N–H and O–H groups in total. The van der Waals surface area contributed by atoms with Crippen molar-refractivity contribution in [3.63, 3.8) is 0 Å². The fraction of sp³-hybridized carbons (Fsp3) is 0.250. The Morgan fingerprint density at radius 1 is 0.900 bits per heavy atom. The Balaban J connectivity index is 2.09. The highest BCUT2D eigenvalue weighted by Crippen LogP contribution is 2.20. The predicted octanol–water partition coefficient (Wildman–Crippen LogP) is 2.91. The van der Waals surface area contributed by atoms with Crippen molar-refractivity contribution in [2.75, 3.05) is 19.5 Å². The molecule has 0 radical (unpaired) electrons. The minimum Gasteiger partial charge on any atom is -0.384 e. The van der Waals surface area contributed by atoms with Crippen molar-refractivity contribution in [1.82, 2.24) is 0 Å². The minimum atomic E-state index is -3.10. The third kappa shape index (κ3) is 4.18. The molecule has 0 saturated carbocycles. The maximum Gasteiger partial charge on any atom is 0.156 e. The van der Waals surface area contributed by atoms with Crippen molar-refractivity contribution in [2.45, 2.75) is 5.75 Å². The first-order valence-electron chi connectivity index (χ1n) is 6.44. The van der Waals surface area contributed by atoms with E-state index in [1.54, 1.807) is 0 Å². The first-order chi connectivity index (χ1) is 9.61. The van der Waals surface area contributed by atoms with Crippen LogP contribution in [0.2, 0.25) is 0 Å². The average molecular weight is 290 g/mol. The smallest absolute Gasteiger partial charge is 0.156 e. The monoisotopic (exact) mass is 290 g/mol. The second-order valence-electron chi connectivity index (χ2n) is 4.65. The molecule has 2 aromatic rings. The van der Waals surface area contributed by atoms with Crippen molar-refractivity contribution in [3.8, 4) is 11.1 Å². The van der Waals surface area contributed by atoms with Crippen molar-refractivity contribution in [3.05, 3.63) is 60.2 Å². The van der Waals surface area contributed by atoms with Gasteiger partial charge in [-0.05, 0) is 16.7 Å². The number of rotatable bonds is 6. The Hall–Kier alpha value is -1.65. The molecule has 0 aliphatic rings. The van der Waals surface area contributed by atoms with Gasteiger partial charge in [-0.3, -0.25) is 0 Å². The summed E-state index contributed by atoms with van der Waals surface area (Å²) in [5.41, 5.74) is 3.02. The molecule has 0 amide bonds. The van der Waals surface area contributed by atoms with Gasteiger partial charge in [-0.15, -0.1) is 0 Å². The van der Waals surface area contributed by atoms with E-state index in [0.29, 0.717) is 0 Å². The molecule has 0 unspecified atom stereocenters. The van der Waals surface area contributed by atoms with E-state index in [4.69, 9.17) is 4.74 Å². The quantitative estimate of drug-likeness (QED) is 0.821. The molecule has 0 heterocycles. The molecule has 0 bridgehead atoms. The topological polar surface area (TPSA) is 43.4 Å². The van der Waals surface area contributed by atoms with Crippen LogP contribution in [-0.4, -0.2) is 27.9 Å². The molecular weight excluding hydrogens is 272 g/mol. The summed E-state index contributed by atoms with van der Waals surface area (Å²) < 4.78 is 28.5. The van der Waals surface area contributed by atoms with Crippen LogP contribution < -0.4 is 0 Å². The lowest BCUT2D eigenvalue weighted by Gasteiger charge is -2.06. The van der Waals surface area contributed by atoms with Crippen LogP contribution in [0.1, 0.15) is 5.56 Å². The molecule has 0 aliphatic carbocycles. The molecule has 3 nitrogen and oxygen atoms in total. The van der Waals surface area contributed by atoms with Crippen LogP contribution in [0.15, 0.2) is 54.6 Å². The number of benzene rings is 2. The lowest BCUT2D eigenvalue weighted by Crippen LogP contribution is -2.13. The van der Waals surface area contributed by atoms with Crippen LogP contribution in [0.4, 0.5) is 0 Å². The maximum atomic E-state index is 11.8. The SMILES string of the molecule is COCCS(=O)(=O)Cc1ccc(-c2ccccc2)cc1. The summed E-state index contributed by atoms with van der Waals surface area (Å²) in [6, 6.07) is 17.7. The van der Waals surface area contributed by atoms with Gasteiger partial charge in [0.2, 0.25) is 0 Å². The second kappa shape index (κ2) is 6.68. The highest BCUT2D eigenvalue weighted by molar-refractivity contribution is 7.90. The number of ether oxygens (including phenoxy) is 1. The fourth-order valence-corrected chi connectivity index (χ4v) is 3.23. The van der Waals surface area contributed by atoms with Gasteiger partial charge >= 0.3 is 0 Å². The molecular formula is C16H18O3S. The lowest BCUT2D eigenvalue weighted by atomic mass is 10.0. The van der Waals surface area contributed by atoms with E-state index < -0.39 is 9.84 Å². The molecule has 2 rings (SSSR count). The van der Waals surface area contributed by atoms with Crippen LogP contribution in [0.3, 0.4) is 0 Å². The summed E-state index contributed by atoms with van der Waals surface area (Å²) in [5, 5.41) is 0. The molecule has 2 aromatic carbocycles. The first-order valence-corrected chi connectivity index (χ1v) is 8.26. The van der Waals surface area contributed by atoms with Gasteiger partial charge < -0.3 is 4.74 Å². The summed E-state index contributed by atoms with van der Waals surface area (Å²) in [5.74, 6) is 0.120. The summed E-state index contributed by atoms with van der Waals surface area (Å²) in [4.78, 5) is 0. The van der Waals surface area contributed by atoms with E-state index in [-0.39, 0.29) is 18.1 Å². The standard InChI is InChI=1S/C16H18O3S/c1-19-11-12-20(17,18)13-14-7-9-16(10-8-14)15-5-3-2-4-6-15/h2-10H,11-13H2,1H3. The first kappa shape index (κ1) is 14.8. The third-order valence-corrected chi connectivity index (χ3v) is 4.61. The summed E-state index contributed by atoms with van der Waals surface area (Å²) in [6.07, 6.45) is 0. The molecule has 0 aliphatic heterocycles. The normalized spacial score (nSPS) is 11.4. The van der Waals surface area contributed by atoms with Gasteiger partial charge in [0.25, 0.3) is 0 Å². The second-order valence-corrected chi connectivity index (χ2v) is 6.83. The van der Waals surface area contributed by atoms with Gasteiger partial charge in [0.05, 0.1) is 18.1 Å². The Morgan fingerprint density at radius 2 is 1.50 bits per heavy atom. The predicted molar refractivity (Wildman–Crippen MR) is 81.2 cm³/mol. The van der Waals surface area contributed by atoms with Gasteiger partial charge in [-0.1, -0.05) is 54.6 Å². The van der Waals surface area contributed by atoms with Gasteiger partial charge in [0.1, 0.15) is 0 Å². The Labute approximate surface area is 120 Å². The molecule has 0 atom stereocenters. The molecule has 0 fully saturated rings. The van der Waals surface area contributed by atoms with E-state index >= 15 is 0 Å². The Morgan fingerprint density at radius 3 is 2.10 bits per heavy atom. The number of hydrogen-bond acceptors (Lipinski definition) is 3. The zero-order chi connectivity index (χ0) is 14.4. The largest absolute Gasteiger partial charge is 0.384 e.